The van der Waals surface area contributed by atoms with Crippen molar-refractivity contribution in [3.8, 4) is 10.4 Å². The van der Waals surface area contributed by atoms with E-state index in [1.54, 1.807) is 11.3 Å². The van der Waals surface area contributed by atoms with Crippen molar-refractivity contribution in [3.05, 3.63) is 30.0 Å². The van der Waals surface area contributed by atoms with Crippen LogP contribution >= 0.6 is 11.3 Å². The van der Waals surface area contributed by atoms with E-state index in [2.05, 4.69) is 26.2 Å². The lowest BCUT2D eigenvalue weighted by Gasteiger charge is -2.15. The SMILES string of the molecule is Cc1[nH]ncc1-c1cc2nc(C(C)(C)N)ncc2s1. The molecule has 0 amide bonds. The standard InChI is InChI=1S/C13H15N5S/c1-7-8(5-16-18-7)10-4-9-11(19-10)6-15-12(17-9)13(2,3)14/h4-6H,14H2,1-3H3,(H,16,18). The Balaban J connectivity index is 2.14. The molecule has 6 heteroatoms. The summed E-state index contributed by atoms with van der Waals surface area (Å²) in [5.41, 5.74) is 8.61. The van der Waals surface area contributed by atoms with Gasteiger partial charge in [-0.25, -0.2) is 9.97 Å². The average molecular weight is 273 g/mol. The van der Waals surface area contributed by atoms with Gasteiger partial charge in [0.25, 0.3) is 0 Å². The monoisotopic (exact) mass is 273 g/mol. The number of nitrogens with two attached hydrogens (primary N) is 1. The number of aryl methyl sites for hydroxylation is 1. The number of thiophene rings is 1. The van der Waals surface area contributed by atoms with Gasteiger partial charge in [-0.15, -0.1) is 11.3 Å². The van der Waals surface area contributed by atoms with Crippen LogP contribution in [0.15, 0.2) is 18.5 Å². The Bertz CT molecular complexity index is 735. The van der Waals surface area contributed by atoms with E-state index in [1.807, 2.05) is 33.2 Å². The number of H-pyrrole nitrogens is 1. The Morgan fingerprint density at radius 3 is 2.74 bits per heavy atom. The first-order valence-electron chi connectivity index (χ1n) is 6.01. The van der Waals surface area contributed by atoms with Crippen LogP contribution in [-0.4, -0.2) is 20.2 Å². The Hall–Kier alpha value is -1.79. The summed E-state index contributed by atoms with van der Waals surface area (Å²) >= 11 is 1.66. The minimum absolute atomic E-state index is 0.526. The summed E-state index contributed by atoms with van der Waals surface area (Å²) in [7, 11) is 0. The van der Waals surface area contributed by atoms with E-state index in [-0.39, 0.29) is 0 Å². The molecule has 0 aliphatic heterocycles. The van der Waals surface area contributed by atoms with Crippen LogP contribution in [0.25, 0.3) is 20.7 Å². The summed E-state index contributed by atoms with van der Waals surface area (Å²) in [6.07, 6.45) is 3.68. The van der Waals surface area contributed by atoms with Crippen molar-refractivity contribution >= 4 is 21.6 Å². The second kappa shape index (κ2) is 4.11. The molecule has 0 aliphatic carbocycles. The van der Waals surface area contributed by atoms with E-state index in [1.165, 1.54) is 0 Å². The Morgan fingerprint density at radius 1 is 1.32 bits per heavy atom. The summed E-state index contributed by atoms with van der Waals surface area (Å²) in [4.78, 5) is 10.0. The molecule has 0 radical (unpaired) electrons. The molecule has 0 saturated heterocycles. The molecule has 3 aromatic rings. The van der Waals surface area contributed by atoms with E-state index in [0.717, 1.165) is 26.4 Å². The summed E-state index contributed by atoms with van der Waals surface area (Å²) in [5, 5.41) is 7.00. The smallest absolute Gasteiger partial charge is 0.148 e. The van der Waals surface area contributed by atoms with Gasteiger partial charge in [0.2, 0.25) is 0 Å². The predicted molar refractivity (Wildman–Crippen MR) is 76.9 cm³/mol. The molecule has 0 aromatic carbocycles. The van der Waals surface area contributed by atoms with Crippen LogP contribution in [0.5, 0.6) is 0 Å². The third-order valence-electron chi connectivity index (χ3n) is 2.94. The number of aromatic amines is 1. The van der Waals surface area contributed by atoms with Crippen molar-refractivity contribution in [3.63, 3.8) is 0 Å². The van der Waals surface area contributed by atoms with Gasteiger partial charge in [-0.05, 0) is 26.8 Å². The summed E-state index contributed by atoms with van der Waals surface area (Å²) in [6.45, 7) is 5.82. The van der Waals surface area contributed by atoms with Gasteiger partial charge >= 0.3 is 0 Å². The van der Waals surface area contributed by atoms with Crippen molar-refractivity contribution in [1.29, 1.82) is 0 Å². The highest BCUT2D eigenvalue weighted by Gasteiger charge is 2.19. The van der Waals surface area contributed by atoms with Crippen LogP contribution in [0.4, 0.5) is 0 Å². The predicted octanol–water partition coefficient (Wildman–Crippen LogP) is 2.58. The highest BCUT2D eigenvalue weighted by molar-refractivity contribution is 7.22. The lowest BCUT2D eigenvalue weighted by Crippen LogP contribution is -2.31. The van der Waals surface area contributed by atoms with Crippen LogP contribution < -0.4 is 5.73 Å². The highest BCUT2D eigenvalue weighted by Crippen LogP contribution is 2.33. The third-order valence-corrected chi connectivity index (χ3v) is 4.03. The van der Waals surface area contributed by atoms with Gasteiger partial charge in [0.1, 0.15) is 5.82 Å². The minimum atomic E-state index is -0.526. The maximum atomic E-state index is 6.04. The fourth-order valence-electron chi connectivity index (χ4n) is 1.88. The third kappa shape index (κ3) is 2.13. The largest absolute Gasteiger partial charge is 0.319 e. The number of nitrogens with one attached hydrogen (secondary N) is 1. The Morgan fingerprint density at radius 2 is 2.11 bits per heavy atom. The normalized spacial score (nSPS) is 12.2. The zero-order valence-electron chi connectivity index (χ0n) is 11.1. The molecule has 0 unspecified atom stereocenters. The minimum Gasteiger partial charge on any atom is -0.319 e. The molecular weight excluding hydrogens is 258 g/mol. The second-order valence-electron chi connectivity index (χ2n) is 5.18. The second-order valence-corrected chi connectivity index (χ2v) is 6.27. The topological polar surface area (TPSA) is 80.5 Å². The maximum absolute atomic E-state index is 6.04. The van der Waals surface area contributed by atoms with Crippen molar-refractivity contribution in [2.24, 2.45) is 5.73 Å². The first-order valence-corrected chi connectivity index (χ1v) is 6.83. The molecule has 3 rings (SSSR count). The summed E-state index contributed by atoms with van der Waals surface area (Å²) < 4.78 is 1.06. The zero-order chi connectivity index (χ0) is 13.6. The van der Waals surface area contributed by atoms with Gasteiger partial charge in [0, 0.05) is 22.3 Å². The summed E-state index contributed by atoms with van der Waals surface area (Å²) in [5.74, 6) is 0.660. The number of hydrogen-bond donors (Lipinski definition) is 2. The number of fused-ring (bicyclic) bond motifs is 1. The molecule has 0 saturated carbocycles. The maximum Gasteiger partial charge on any atom is 0.148 e. The Labute approximate surface area is 114 Å². The average Bonchev–Trinajstić information content (AvgIpc) is 2.91. The van der Waals surface area contributed by atoms with Crippen LogP contribution in [0.2, 0.25) is 0 Å². The van der Waals surface area contributed by atoms with E-state index in [9.17, 15) is 0 Å². The number of nitrogens with zero attached hydrogens (tertiary/aromatic N) is 3. The molecule has 5 nitrogen and oxygen atoms in total. The molecule has 98 valence electrons. The Kier molecular flexibility index (Phi) is 2.65. The van der Waals surface area contributed by atoms with Crippen molar-refractivity contribution < 1.29 is 0 Å². The van der Waals surface area contributed by atoms with Crippen LogP contribution in [0, 0.1) is 6.92 Å². The molecular formula is C13H15N5S. The van der Waals surface area contributed by atoms with Gasteiger partial charge in [-0.1, -0.05) is 0 Å². The number of aromatic nitrogens is 4. The van der Waals surface area contributed by atoms with Gasteiger partial charge in [-0.3, -0.25) is 5.10 Å². The van der Waals surface area contributed by atoms with E-state index >= 15 is 0 Å². The molecule has 3 aromatic heterocycles. The van der Waals surface area contributed by atoms with Crippen molar-refractivity contribution in [1.82, 2.24) is 20.2 Å². The number of hydrogen-bond acceptors (Lipinski definition) is 5. The molecule has 0 fully saturated rings. The summed E-state index contributed by atoms with van der Waals surface area (Å²) in [6, 6.07) is 2.06. The van der Waals surface area contributed by atoms with E-state index in [4.69, 9.17) is 5.73 Å². The lowest BCUT2D eigenvalue weighted by atomic mass is 10.1. The molecule has 0 aliphatic rings. The van der Waals surface area contributed by atoms with Gasteiger partial charge < -0.3 is 5.73 Å². The molecule has 0 bridgehead atoms. The van der Waals surface area contributed by atoms with Crippen molar-refractivity contribution in [2.45, 2.75) is 26.3 Å². The van der Waals surface area contributed by atoms with E-state index in [0.29, 0.717) is 5.82 Å². The molecule has 3 N–H and O–H groups in total. The lowest BCUT2D eigenvalue weighted by molar-refractivity contribution is 0.516. The van der Waals surface area contributed by atoms with Gasteiger partial charge in [0.15, 0.2) is 0 Å². The molecule has 0 atom stereocenters. The van der Waals surface area contributed by atoms with Gasteiger partial charge in [0.05, 0.1) is 22.0 Å². The highest BCUT2D eigenvalue weighted by atomic mass is 32.1. The first kappa shape index (κ1) is 12.3. The first-order chi connectivity index (χ1) is 8.95. The fraction of sp³-hybridized carbons (Fsp3) is 0.308. The van der Waals surface area contributed by atoms with Gasteiger partial charge in [-0.2, -0.15) is 5.10 Å². The molecule has 3 heterocycles. The molecule has 0 spiro atoms. The fourth-order valence-corrected chi connectivity index (χ4v) is 2.92. The van der Waals surface area contributed by atoms with Crippen LogP contribution in [-0.2, 0) is 5.54 Å². The van der Waals surface area contributed by atoms with Crippen LogP contribution in [0.3, 0.4) is 0 Å². The van der Waals surface area contributed by atoms with Crippen LogP contribution in [0.1, 0.15) is 25.4 Å². The molecule has 19 heavy (non-hydrogen) atoms. The zero-order valence-corrected chi connectivity index (χ0v) is 11.9. The quantitative estimate of drug-likeness (QED) is 0.752. The van der Waals surface area contributed by atoms with Crippen molar-refractivity contribution in [2.75, 3.05) is 0 Å². The van der Waals surface area contributed by atoms with E-state index < -0.39 is 5.54 Å². The number of rotatable bonds is 2.